The minimum Gasteiger partial charge on any atom is -0.392 e. The summed E-state index contributed by atoms with van der Waals surface area (Å²) in [6, 6.07) is 11.5. The zero-order valence-corrected chi connectivity index (χ0v) is 11.6. The molecule has 0 saturated carbocycles. The Morgan fingerprint density at radius 2 is 1.70 bits per heavy atom. The Hall–Kier alpha value is -1.92. The van der Waals surface area contributed by atoms with E-state index >= 15 is 0 Å². The molecule has 106 valence electrons. The lowest BCUT2D eigenvalue weighted by Crippen LogP contribution is -2.27. The highest BCUT2D eigenvalue weighted by Gasteiger charge is 2.23. The second-order valence-corrected chi connectivity index (χ2v) is 6.20. The third-order valence-corrected chi connectivity index (χ3v) is 4.74. The topological polar surface area (TPSA) is 57.6 Å². The van der Waals surface area contributed by atoms with Gasteiger partial charge in [0.25, 0.3) is 10.0 Å². The van der Waals surface area contributed by atoms with E-state index in [2.05, 4.69) is 0 Å². The van der Waals surface area contributed by atoms with Crippen LogP contribution in [0.25, 0.3) is 0 Å². The van der Waals surface area contributed by atoms with Gasteiger partial charge in [-0.1, -0.05) is 24.3 Å². The number of anilines is 1. The van der Waals surface area contributed by atoms with Gasteiger partial charge in [-0.2, -0.15) is 0 Å². The molecule has 0 aliphatic rings. The Balaban J connectivity index is 2.41. The minimum absolute atomic E-state index is 0.0151. The Morgan fingerprint density at radius 3 is 2.25 bits per heavy atom. The van der Waals surface area contributed by atoms with Crippen LogP contribution in [0.3, 0.4) is 0 Å². The quantitative estimate of drug-likeness (QED) is 0.940. The van der Waals surface area contributed by atoms with E-state index in [-0.39, 0.29) is 17.2 Å². The molecule has 0 fully saturated rings. The van der Waals surface area contributed by atoms with Crippen LogP contribution < -0.4 is 4.31 Å². The number of para-hydroxylation sites is 1. The van der Waals surface area contributed by atoms with Crippen molar-refractivity contribution >= 4 is 15.7 Å². The van der Waals surface area contributed by atoms with Crippen molar-refractivity contribution in [2.75, 3.05) is 11.4 Å². The Kier molecular flexibility index (Phi) is 4.06. The number of nitrogens with zero attached hydrogens (tertiary/aromatic N) is 1. The van der Waals surface area contributed by atoms with E-state index in [1.165, 1.54) is 49.5 Å². The van der Waals surface area contributed by atoms with E-state index in [9.17, 15) is 12.8 Å². The van der Waals surface area contributed by atoms with Crippen LogP contribution in [-0.2, 0) is 16.6 Å². The molecule has 0 radical (unpaired) electrons. The van der Waals surface area contributed by atoms with Gasteiger partial charge in [-0.05, 0) is 29.8 Å². The maximum absolute atomic E-state index is 13.7. The van der Waals surface area contributed by atoms with Crippen LogP contribution >= 0.6 is 0 Å². The van der Waals surface area contributed by atoms with Crippen molar-refractivity contribution in [2.24, 2.45) is 0 Å². The highest BCUT2D eigenvalue weighted by Crippen LogP contribution is 2.24. The Bertz CT molecular complexity index is 699. The maximum Gasteiger partial charge on any atom is 0.264 e. The summed E-state index contributed by atoms with van der Waals surface area (Å²) in [5, 5.41) is 8.95. The SMILES string of the molecule is CN(c1ccccc1F)S(=O)(=O)c1ccc(CO)cc1. The second-order valence-electron chi connectivity index (χ2n) is 4.23. The molecular weight excluding hydrogens is 281 g/mol. The van der Waals surface area contributed by atoms with Crippen LogP contribution in [0.4, 0.5) is 10.1 Å². The molecule has 0 spiro atoms. The summed E-state index contributed by atoms with van der Waals surface area (Å²) in [6.07, 6.45) is 0. The van der Waals surface area contributed by atoms with Crippen LogP contribution in [-0.4, -0.2) is 20.6 Å². The van der Waals surface area contributed by atoms with Gasteiger partial charge in [-0.25, -0.2) is 12.8 Å². The van der Waals surface area contributed by atoms with Crippen molar-refractivity contribution < 1.29 is 17.9 Å². The van der Waals surface area contributed by atoms with Crippen LogP contribution in [0.15, 0.2) is 53.4 Å². The van der Waals surface area contributed by atoms with Gasteiger partial charge >= 0.3 is 0 Å². The molecule has 2 aromatic carbocycles. The van der Waals surface area contributed by atoms with Crippen LogP contribution in [0.1, 0.15) is 5.56 Å². The summed E-state index contributed by atoms with van der Waals surface area (Å²) in [6.45, 7) is -0.163. The molecular formula is C14H14FNO3S. The lowest BCUT2D eigenvalue weighted by atomic mass is 10.2. The maximum atomic E-state index is 13.7. The first-order chi connectivity index (χ1) is 9.46. The van der Waals surface area contributed by atoms with Gasteiger partial charge in [0, 0.05) is 7.05 Å². The molecule has 0 amide bonds. The van der Waals surface area contributed by atoms with Gasteiger partial charge in [0.2, 0.25) is 0 Å². The summed E-state index contributed by atoms with van der Waals surface area (Å²) < 4.78 is 39.3. The van der Waals surface area contributed by atoms with E-state index in [1.54, 1.807) is 6.07 Å². The predicted molar refractivity (Wildman–Crippen MR) is 74.4 cm³/mol. The number of halogens is 1. The van der Waals surface area contributed by atoms with Crippen LogP contribution in [0, 0.1) is 5.82 Å². The molecule has 1 N–H and O–H groups in total. The highest BCUT2D eigenvalue weighted by atomic mass is 32.2. The molecule has 0 aliphatic carbocycles. The van der Waals surface area contributed by atoms with Crippen LogP contribution in [0.5, 0.6) is 0 Å². The number of aliphatic hydroxyl groups is 1. The monoisotopic (exact) mass is 295 g/mol. The fourth-order valence-corrected chi connectivity index (χ4v) is 2.96. The minimum atomic E-state index is -3.83. The first-order valence-electron chi connectivity index (χ1n) is 5.90. The van der Waals surface area contributed by atoms with Crippen molar-refractivity contribution in [3.8, 4) is 0 Å². The van der Waals surface area contributed by atoms with Crippen molar-refractivity contribution in [2.45, 2.75) is 11.5 Å². The van der Waals surface area contributed by atoms with Crippen molar-refractivity contribution in [1.29, 1.82) is 0 Å². The van der Waals surface area contributed by atoms with Crippen LogP contribution in [0.2, 0.25) is 0 Å². The highest BCUT2D eigenvalue weighted by molar-refractivity contribution is 7.92. The third kappa shape index (κ3) is 2.66. The molecule has 0 aromatic heterocycles. The lowest BCUT2D eigenvalue weighted by molar-refractivity contribution is 0.282. The summed E-state index contributed by atoms with van der Waals surface area (Å²) in [7, 11) is -2.53. The second kappa shape index (κ2) is 5.60. The zero-order chi connectivity index (χ0) is 14.8. The molecule has 20 heavy (non-hydrogen) atoms. The summed E-state index contributed by atoms with van der Waals surface area (Å²) >= 11 is 0. The van der Waals surface area contributed by atoms with Crippen molar-refractivity contribution in [3.05, 3.63) is 59.9 Å². The Morgan fingerprint density at radius 1 is 1.10 bits per heavy atom. The van der Waals surface area contributed by atoms with E-state index in [1.807, 2.05) is 0 Å². The average molecular weight is 295 g/mol. The smallest absolute Gasteiger partial charge is 0.264 e. The van der Waals surface area contributed by atoms with E-state index in [0.29, 0.717) is 5.56 Å². The van der Waals surface area contributed by atoms with Gasteiger partial charge < -0.3 is 5.11 Å². The molecule has 0 heterocycles. The Labute approximate surface area is 117 Å². The number of sulfonamides is 1. The number of benzene rings is 2. The van der Waals surface area contributed by atoms with E-state index in [0.717, 1.165) is 4.31 Å². The van der Waals surface area contributed by atoms with E-state index in [4.69, 9.17) is 5.11 Å². The number of aliphatic hydroxyl groups excluding tert-OH is 1. The zero-order valence-electron chi connectivity index (χ0n) is 10.8. The molecule has 2 aromatic rings. The van der Waals surface area contributed by atoms with Crippen molar-refractivity contribution in [1.82, 2.24) is 0 Å². The standard InChI is InChI=1S/C14H14FNO3S/c1-16(14-5-3-2-4-13(14)15)20(18,19)12-8-6-11(10-17)7-9-12/h2-9,17H,10H2,1H3. The first kappa shape index (κ1) is 14.5. The molecule has 0 saturated heterocycles. The molecule has 0 atom stereocenters. The van der Waals surface area contributed by atoms with Crippen molar-refractivity contribution in [3.63, 3.8) is 0 Å². The third-order valence-electron chi connectivity index (χ3n) is 2.96. The number of hydrogen-bond acceptors (Lipinski definition) is 3. The van der Waals surface area contributed by atoms with Gasteiger partial charge in [0.05, 0.1) is 17.2 Å². The molecule has 0 bridgehead atoms. The molecule has 2 rings (SSSR count). The lowest BCUT2D eigenvalue weighted by Gasteiger charge is -2.20. The fourth-order valence-electron chi connectivity index (χ4n) is 1.76. The normalized spacial score (nSPS) is 11.3. The summed E-state index contributed by atoms with van der Waals surface area (Å²) in [5.41, 5.74) is 0.594. The van der Waals surface area contributed by atoms with Gasteiger partial charge in [0.1, 0.15) is 5.82 Å². The van der Waals surface area contributed by atoms with E-state index < -0.39 is 15.8 Å². The van der Waals surface area contributed by atoms with Gasteiger partial charge in [-0.15, -0.1) is 0 Å². The average Bonchev–Trinajstić information content (AvgIpc) is 2.47. The van der Waals surface area contributed by atoms with Gasteiger partial charge in [-0.3, -0.25) is 4.31 Å². The summed E-state index contributed by atoms with van der Waals surface area (Å²) in [5.74, 6) is -0.606. The number of rotatable bonds is 4. The fraction of sp³-hybridized carbons (Fsp3) is 0.143. The number of hydrogen-bond donors (Lipinski definition) is 1. The molecule has 6 heteroatoms. The molecule has 0 unspecified atom stereocenters. The summed E-state index contributed by atoms with van der Waals surface area (Å²) in [4.78, 5) is 0.0421. The predicted octanol–water partition coefficient (Wildman–Crippen LogP) is 2.14. The molecule has 4 nitrogen and oxygen atoms in total. The van der Waals surface area contributed by atoms with Gasteiger partial charge in [0.15, 0.2) is 0 Å². The molecule has 0 aliphatic heterocycles. The largest absolute Gasteiger partial charge is 0.392 e. The first-order valence-corrected chi connectivity index (χ1v) is 7.34.